The van der Waals surface area contributed by atoms with Gasteiger partial charge in [0, 0.05) is 12.2 Å². The van der Waals surface area contributed by atoms with Gasteiger partial charge in [-0.3, -0.25) is 0 Å². The number of aryl methyl sites for hydroxylation is 1. The quantitative estimate of drug-likeness (QED) is 0.284. The number of methoxy groups -OCH3 is 2. The number of carbonyl (C=O) groups is 1. The number of fused-ring (bicyclic) bond motifs is 1. The number of thiocarbonyl (C=S) groups is 1. The van der Waals surface area contributed by atoms with E-state index in [0.29, 0.717) is 41.1 Å². The third-order valence-electron chi connectivity index (χ3n) is 6.88. The zero-order valence-corrected chi connectivity index (χ0v) is 23.3. The number of ether oxygens (including phenoxy) is 4. The first-order valence-electron chi connectivity index (χ1n) is 12.6. The molecule has 1 aliphatic rings. The highest BCUT2D eigenvalue weighted by atomic mass is 32.1. The monoisotopic (exact) mass is 534 g/mol. The Morgan fingerprint density at radius 1 is 1.05 bits per heavy atom. The lowest BCUT2D eigenvalue weighted by atomic mass is 9.92. The van der Waals surface area contributed by atoms with Gasteiger partial charge in [0.1, 0.15) is 12.4 Å². The first-order valence-corrected chi connectivity index (χ1v) is 13.1. The molecule has 0 unspecified atom stereocenters. The molecule has 1 atom stereocenters. The average Bonchev–Trinajstić information content (AvgIpc) is 2.93. The lowest BCUT2D eigenvalue weighted by Crippen LogP contribution is -2.44. The summed E-state index contributed by atoms with van der Waals surface area (Å²) in [5, 5.41) is 4.09. The van der Waals surface area contributed by atoms with Gasteiger partial charge in [-0.1, -0.05) is 12.1 Å². The standard InChI is InChI=1S/C30H34N2O5S/c1-6-36-29(33)21-10-12-23(13-11-21)37-18-26-24-17-28(35-5)27(34-4)16-22(24)14-15-32(26)30(38)31-25-9-7-8-19(2)20(25)3/h7-13,16-17,26H,6,14-15,18H2,1-5H3,(H,31,38)/t26-/m1/s1. The summed E-state index contributed by atoms with van der Waals surface area (Å²) in [6.07, 6.45) is 0.801. The van der Waals surface area contributed by atoms with Gasteiger partial charge >= 0.3 is 5.97 Å². The summed E-state index contributed by atoms with van der Waals surface area (Å²) in [5.74, 6) is 1.66. The lowest BCUT2D eigenvalue weighted by Gasteiger charge is -2.39. The Labute approximate surface area is 229 Å². The molecule has 0 aliphatic carbocycles. The number of benzene rings is 3. The van der Waals surface area contributed by atoms with Gasteiger partial charge in [0.05, 0.1) is 32.4 Å². The van der Waals surface area contributed by atoms with Crippen molar-refractivity contribution < 1.29 is 23.7 Å². The second-order valence-corrected chi connectivity index (χ2v) is 9.49. The van der Waals surface area contributed by atoms with Crippen LogP contribution < -0.4 is 19.5 Å². The molecule has 38 heavy (non-hydrogen) atoms. The number of anilines is 1. The molecule has 0 spiro atoms. The van der Waals surface area contributed by atoms with E-state index in [2.05, 4.69) is 30.1 Å². The van der Waals surface area contributed by atoms with E-state index >= 15 is 0 Å². The maximum atomic E-state index is 12.0. The summed E-state index contributed by atoms with van der Waals surface area (Å²) in [6, 6.07) is 17.0. The van der Waals surface area contributed by atoms with Crippen molar-refractivity contribution >= 4 is 29.0 Å². The Balaban J connectivity index is 1.62. The van der Waals surface area contributed by atoms with Crippen LogP contribution in [0.3, 0.4) is 0 Å². The first-order chi connectivity index (χ1) is 18.4. The molecule has 1 aliphatic heterocycles. The van der Waals surface area contributed by atoms with Crippen molar-refractivity contribution in [1.29, 1.82) is 0 Å². The molecular weight excluding hydrogens is 500 g/mol. The summed E-state index contributed by atoms with van der Waals surface area (Å²) in [7, 11) is 3.28. The molecule has 0 amide bonds. The van der Waals surface area contributed by atoms with Gasteiger partial charge in [-0.15, -0.1) is 0 Å². The second-order valence-electron chi connectivity index (χ2n) is 9.10. The molecule has 7 nitrogen and oxygen atoms in total. The maximum absolute atomic E-state index is 12.0. The van der Waals surface area contributed by atoms with Gasteiger partial charge in [-0.25, -0.2) is 4.79 Å². The minimum absolute atomic E-state index is 0.173. The van der Waals surface area contributed by atoms with E-state index in [0.717, 1.165) is 29.8 Å². The first kappa shape index (κ1) is 27.3. The van der Waals surface area contributed by atoms with E-state index in [4.69, 9.17) is 31.2 Å². The summed E-state index contributed by atoms with van der Waals surface area (Å²) >= 11 is 5.93. The summed E-state index contributed by atoms with van der Waals surface area (Å²) in [5.41, 5.74) is 6.07. The highest BCUT2D eigenvalue weighted by Crippen LogP contribution is 2.39. The van der Waals surface area contributed by atoms with E-state index in [1.165, 1.54) is 11.1 Å². The maximum Gasteiger partial charge on any atom is 0.338 e. The van der Waals surface area contributed by atoms with Crippen LogP contribution in [-0.4, -0.2) is 50.0 Å². The number of hydrogen-bond acceptors (Lipinski definition) is 6. The Bertz CT molecular complexity index is 1310. The van der Waals surface area contributed by atoms with Crippen molar-refractivity contribution in [2.24, 2.45) is 0 Å². The van der Waals surface area contributed by atoms with Gasteiger partial charge in [0.2, 0.25) is 0 Å². The molecule has 3 aromatic rings. The van der Waals surface area contributed by atoms with Crippen LogP contribution in [0.25, 0.3) is 0 Å². The van der Waals surface area contributed by atoms with Crippen LogP contribution in [0.2, 0.25) is 0 Å². The smallest absolute Gasteiger partial charge is 0.338 e. The Morgan fingerprint density at radius 3 is 2.45 bits per heavy atom. The summed E-state index contributed by atoms with van der Waals surface area (Å²) in [4.78, 5) is 14.2. The highest BCUT2D eigenvalue weighted by molar-refractivity contribution is 7.80. The van der Waals surface area contributed by atoms with E-state index < -0.39 is 0 Å². The van der Waals surface area contributed by atoms with Crippen LogP contribution in [0.5, 0.6) is 17.2 Å². The Morgan fingerprint density at radius 2 is 1.76 bits per heavy atom. The number of rotatable bonds is 8. The average molecular weight is 535 g/mol. The fourth-order valence-electron chi connectivity index (χ4n) is 4.60. The Hall–Kier alpha value is -3.78. The number of nitrogens with one attached hydrogen (secondary N) is 1. The number of hydrogen-bond donors (Lipinski definition) is 1. The summed E-state index contributed by atoms with van der Waals surface area (Å²) < 4.78 is 22.5. The SMILES string of the molecule is CCOC(=O)c1ccc(OC[C@@H]2c3cc(OC)c(OC)cc3CCN2C(=S)Nc2cccc(C)c2C)cc1. The molecular formula is C30H34N2O5S. The van der Waals surface area contributed by atoms with Crippen LogP contribution in [-0.2, 0) is 11.2 Å². The van der Waals surface area contributed by atoms with Crippen molar-refractivity contribution in [3.63, 3.8) is 0 Å². The van der Waals surface area contributed by atoms with Crippen LogP contribution in [0.15, 0.2) is 54.6 Å². The predicted molar refractivity (Wildman–Crippen MR) is 153 cm³/mol. The van der Waals surface area contributed by atoms with Gasteiger partial charge in [0.15, 0.2) is 16.6 Å². The molecule has 8 heteroatoms. The van der Waals surface area contributed by atoms with Crippen molar-refractivity contribution in [3.05, 3.63) is 82.4 Å². The minimum Gasteiger partial charge on any atom is -0.493 e. The van der Waals surface area contributed by atoms with Crippen LogP contribution in [0.4, 0.5) is 5.69 Å². The minimum atomic E-state index is -0.352. The summed E-state index contributed by atoms with van der Waals surface area (Å²) in [6.45, 7) is 7.35. The third kappa shape index (κ3) is 5.86. The van der Waals surface area contributed by atoms with Gasteiger partial charge in [0.25, 0.3) is 0 Å². The topological polar surface area (TPSA) is 69.3 Å². The van der Waals surface area contributed by atoms with Crippen molar-refractivity contribution in [3.8, 4) is 17.2 Å². The molecule has 0 fully saturated rings. The molecule has 0 bridgehead atoms. The van der Waals surface area contributed by atoms with Crippen LogP contribution in [0.1, 0.15) is 45.6 Å². The highest BCUT2D eigenvalue weighted by Gasteiger charge is 2.31. The molecule has 0 radical (unpaired) electrons. The van der Waals surface area contributed by atoms with Crippen molar-refractivity contribution in [1.82, 2.24) is 4.90 Å². The normalized spacial score (nSPS) is 14.3. The molecule has 1 heterocycles. The second kappa shape index (κ2) is 12.2. The molecule has 4 rings (SSSR count). The number of carbonyl (C=O) groups excluding carboxylic acids is 1. The lowest BCUT2D eigenvalue weighted by molar-refractivity contribution is 0.0526. The van der Waals surface area contributed by atoms with Gasteiger partial charge < -0.3 is 29.2 Å². The van der Waals surface area contributed by atoms with Crippen molar-refractivity contribution in [2.75, 3.05) is 39.3 Å². The van der Waals surface area contributed by atoms with Crippen LogP contribution >= 0.6 is 12.2 Å². The molecule has 0 aromatic heterocycles. The van der Waals surface area contributed by atoms with E-state index in [-0.39, 0.29) is 12.0 Å². The molecule has 200 valence electrons. The van der Waals surface area contributed by atoms with Gasteiger partial charge in [-0.05, 0) is 104 Å². The largest absolute Gasteiger partial charge is 0.493 e. The predicted octanol–water partition coefficient (Wildman–Crippen LogP) is 5.87. The fourth-order valence-corrected chi connectivity index (χ4v) is 4.93. The molecule has 0 saturated heterocycles. The number of esters is 1. The molecule has 0 saturated carbocycles. The Kier molecular flexibility index (Phi) is 8.73. The molecule has 1 N–H and O–H groups in total. The third-order valence-corrected chi connectivity index (χ3v) is 7.22. The fraction of sp³-hybridized carbons (Fsp3) is 0.333. The zero-order chi connectivity index (χ0) is 27.2. The molecule has 3 aromatic carbocycles. The van der Waals surface area contributed by atoms with Crippen LogP contribution in [0, 0.1) is 13.8 Å². The van der Waals surface area contributed by atoms with E-state index in [1.807, 2.05) is 24.3 Å². The van der Waals surface area contributed by atoms with Crippen molar-refractivity contribution in [2.45, 2.75) is 33.2 Å². The van der Waals surface area contributed by atoms with Gasteiger partial charge in [-0.2, -0.15) is 0 Å². The van der Waals surface area contributed by atoms with E-state index in [9.17, 15) is 4.79 Å². The van der Waals surface area contributed by atoms with E-state index in [1.54, 1.807) is 45.4 Å². The zero-order valence-electron chi connectivity index (χ0n) is 22.5. The number of nitrogens with zero attached hydrogens (tertiary/aromatic N) is 1.